The van der Waals surface area contributed by atoms with Gasteiger partial charge in [0.2, 0.25) is 0 Å². The van der Waals surface area contributed by atoms with Crippen LogP contribution in [0.15, 0.2) is 152 Å². The molecule has 2 unspecified atom stereocenters. The van der Waals surface area contributed by atoms with Crippen LogP contribution in [-0.2, 0) is 17.7 Å². The monoisotopic (exact) mass is 696 g/mol. The van der Waals surface area contributed by atoms with Gasteiger partial charge in [-0.05, 0) is 64.7 Å². The van der Waals surface area contributed by atoms with E-state index >= 15 is 0 Å². The SMILES string of the molecule is C1=Cc2cc3[nH]c(c(-c4ccccc4)c4nc(cc5ccc(cc1n2)[nH]5)CC4c1ccccc1)c(-c1ccccc1)c3-c1ccccc1.NS(=O)[O-]. The van der Waals surface area contributed by atoms with Gasteiger partial charge in [0.05, 0.1) is 22.6 Å². The van der Waals surface area contributed by atoms with Crippen LogP contribution < -0.4 is 5.14 Å². The lowest BCUT2D eigenvalue weighted by Gasteiger charge is -2.15. The Morgan fingerprint density at radius 2 is 1.10 bits per heavy atom. The summed E-state index contributed by atoms with van der Waals surface area (Å²) in [6, 6.07) is 53.7. The number of nitrogens with two attached hydrogens (primary N) is 1. The standard InChI is InChI=1S/C44H32N4.H3NO2S/c1-5-13-29(14-6-1)38-27-37-26-35-22-21-33(45-35)25-34-23-24-36(46-34)28-39-40(30-15-7-2-8-16-30)41(31-17-9-3-10-18-31)44(48-39)42(43(38)47-37)32-19-11-4-12-20-32;1-4(2)3/h1-26,28,38,45,48H,27H2;1H2,(H,2,3)/p-1. The van der Waals surface area contributed by atoms with Crippen LogP contribution in [0.2, 0.25) is 0 Å². The summed E-state index contributed by atoms with van der Waals surface area (Å²) in [7, 11) is 0. The summed E-state index contributed by atoms with van der Waals surface area (Å²) in [6.07, 6.45) is 4.96. The number of nitrogens with zero attached hydrogens (tertiary/aromatic N) is 2. The molecule has 0 aliphatic carbocycles. The lowest BCUT2D eigenvalue weighted by atomic mass is 9.87. The van der Waals surface area contributed by atoms with Gasteiger partial charge < -0.3 is 14.5 Å². The molecule has 8 heteroatoms. The van der Waals surface area contributed by atoms with Crippen molar-refractivity contribution in [2.45, 2.75) is 12.3 Å². The Labute approximate surface area is 304 Å². The van der Waals surface area contributed by atoms with Crippen molar-refractivity contribution in [1.29, 1.82) is 0 Å². The van der Waals surface area contributed by atoms with Crippen LogP contribution in [0.3, 0.4) is 0 Å². The molecule has 2 aliphatic heterocycles. The van der Waals surface area contributed by atoms with Gasteiger partial charge in [-0.3, -0.25) is 14.3 Å². The normalized spacial score (nSPS) is 14.0. The second-order valence-corrected chi connectivity index (χ2v) is 13.2. The van der Waals surface area contributed by atoms with Gasteiger partial charge in [0.1, 0.15) is 0 Å². The maximum atomic E-state index is 8.78. The van der Waals surface area contributed by atoms with E-state index in [9.17, 15) is 0 Å². The van der Waals surface area contributed by atoms with Gasteiger partial charge in [0.15, 0.2) is 0 Å². The van der Waals surface area contributed by atoms with Crippen molar-refractivity contribution in [3.05, 3.63) is 180 Å². The van der Waals surface area contributed by atoms with E-state index in [0.717, 1.165) is 84.6 Å². The number of aromatic amines is 2. The molecule has 0 spiro atoms. The zero-order valence-corrected chi connectivity index (χ0v) is 28.9. The van der Waals surface area contributed by atoms with Gasteiger partial charge in [-0.2, -0.15) is 0 Å². The third-order valence-corrected chi connectivity index (χ3v) is 9.26. The highest BCUT2D eigenvalue weighted by molar-refractivity contribution is 7.76. The first-order chi connectivity index (χ1) is 25.5. The maximum absolute atomic E-state index is 8.78. The minimum Gasteiger partial charge on any atom is -0.760 e. The lowest BCUT2D eigenvalue weighted by molar-refractivity contribution is 0.538. The van der Waals surface area contributed by atoms with Gasteiger partial charge in [-0.25, -0.2) is 4.98 Å². The van der Waals surface area contributed by atoms with Gasteiger partial charge in [-0.15, -0.1) is 0 Å². The van der Waals surface area contributed by atoms with E-state index < -0.39 is 11.3 Å². The molecular weight excluding hydrogens is 663 g/mol. The number of benzene rings is 4. The molecule has 3 aromatic heterocycles. The third kappa shape index (κ3) is 6.91. The molecule has 8 bridgehead atoms. The summed E-state index contributed by atoms with van der Waals surface area (Å²) in [6.45, 7) is 0. The Bertz CT molecular complexity index is 2580. The Morgan fingerprint density at radius 1 is 0.596 bits per heavy atom. The molecule has 0 saturated carbocycles. The van der Waals surface area contributed by atoms with Crippen LogP contribution in [0.4, 0.5) is 0 Å². The first-order valence-corrected chi connectivity index (χ1v) is 18.1. The largest absolute Gasteiger partial charge is 0.760 e. The molecule has 9 rings (SSSR count). The zero-order valence-electron chi connectivity index (χ0n) is 28.1. The Kier molecular flexibility index (Phi) is 9.25. The van der Waals surface area contributed by atoms with Crippen LogP contribution in [0.1, 0.15) is 34.3 Å². The van der Waals surface area contributed by atoms with Crippen molar-refractivity contribution in [2.24, 2.45) is 5.14 Å². The average molecular weight is 697 g/mol. The van der Waals surface area contributed by atoms with Crippen molar-refractivity contribution < 1.29 is 8.76 Å². The molecule has 0 radical (unpaired) electrons. The molecule has 0 amide bonds. The molecular formula is C44H34N5O2S-. The number of aromatic nitrogens is 4. The fourth-order valence-electron chi connectivity index (χ4n) is 7.14. The predicted octanol–water partition coefficient (Wildman–Crippen LogP) is 9.60. The summed E-state index contributed by atoms with van der Waals surface area (Å²) in [5, 5.41) is 4.03. The van der Waals surface area contributed by atoms with Crippen LogP contribution in [-0.4, -0.2) is 28.7 Å². The number of H-pyrrole nitrogens is 2. The molecule has 0 fully saturated rings. The van der Waals surface area contributed by atoms with E-state index in [2.05, 4.69) is 179 Å². The summed E-state index contributed by atoms with van der Waals surface area (Å²) in [5.41, 5.74) is 16.0. The van der Waals surface area contributed by atoms with E-state index in [1.165, 1.54) is 5.56 Å². The zero-order chi connectivity index (χ0) is 35.4. The number of hydrogen-bond acceptors (Lipinski definition) is 4. The number of rotatable bonds is 4. The molecule has 2 atom stereocenters. The average Bonchev–Trinajstić information content (AvgIpc) is 3.97. The van der Waals surface area contributed by atoms with E-state index in [4.69, 9.17) is 18.7 Å². The minimum absolute atomic E-state index is 0.0720. The van der Waals surface area contributed by atoms with Gasteiger partial charge in [-0.1, -0.05) is 121 Å². The number of nitrogens with one attached hydrogen (secondary N) is 2. The van der Waals surface area contributed by atoms with Crippen LogP contribution in [0.25, 0.3) is 67.6 Å². The minimum atomic E-state index is -2.36. The summed E-state index contributed by atoms with van der Waals surface area (Å²) in [4.78, 5) is 18.1. The fraction of sp³-hybridized carbons (Fsp3) is 0.0455. The Balaban J connectivity index is 0.000000922. The summed E-state index contributed by atoms with van der Waals surface area (Å²) in [5.74, 6) is 0.0720. The molecule has 5 heterocycles. The van der Waals surface area contributed by atoms with E-state index in [1.54, 1.807) is 0 Å². The van der Waals surface area contributed by atoms with E-state index in [-0.39, 0.29) is 5.92 Å². The molecule has 0 saturated heterocycles. The quantitative estimate of drug-likeness (QED) is 0.159. The lowest BCUT2D eigenvalue weighted by Crippen LogP contribution is -2.01. The van der Waals surface area contributed by atoms with E-state index in [0.29, 0.717) is 0 Å². The van der Waals surface area contributed by atoms with Gasteiger partial charge in [0.25, 0.3) is 0 Å². The number of fused-ring (bicyclic) bond motifs is 8. The summed E-state index contributed by atoms with van der Waals surface area (Å²) >= 11 is -2.36. The van der Waals surface area contributed by atoms with Crippen molar-refractivity contribution in [1.82, 2.24) is 19.9 Å². The topological polar surface area (TPSA) is 124 Å². The van der Waals surface area contributed by atoms with Crippen LogP contribution in [0.5, 0.6) is 0 Å². The molecule has 52 heavy (non-hydrogen) atoms. The first kappa shape index (κ1) is 33.0. The molecule has 4 aromatic carbocycles. The van der Waals surface area contributed by atoms with Crippen molar-refractivity contribution in [2.75, 3.05) is 0 Å². The van der Waals surface area contributed by atoms with Crippen molar-refractivity contribution in [3.63, 3.8) is 0 Å². The highest BCUT2D eigenvalue weighted by Crippen LogP contribution is 2.46. The highest BCUT2D eigenvalue weighted by atomic mass is 32.2. The Morgan fingerprint density at radius 3 is 1.69 bits per heavy atom. The second-order valence-electron chi connectivity index (χ2n) is 12.6. The number of hydrogen-bond donors (Lipinski definition) is 3. The van der Waals surface area contributed by atoms with Crippen LogP contribution >= 0.6 is 0 Å². The van der Waals surface area contributed by atoms with Gasteiger partial charge >= 0.3 is 0 Å². The predicted molar refractivity (Wildman–Crippen MR) is 211 cm³/mol. The van der Waals surface area contributed by atoms with Gasteiger partial charge in [0, 0.05) is 62.5 Å². The Hall–Kier alpha value is -6.19. The third-order valence-electron chi connectivity index (χ3n) is 9.26. The van der Waals surface area contributed by atoms with Crippen LogP contribution in [0, 0.1) is 0 Å². The molecule has 254 valence electrons. The maximum Gasteiger partial charge on any atom is 0.0658 e. The summed E-state index contributed by atoms with van der Waals surface area (Å²) < 4.78 is 17.6. The molecule has 4 N–H and O–H groups in total. The molecule has 7 nitrogen and oxygen atoms in total. The van der Waals surface area contributed by atoms with E-state index in [1.807, 2.05) is 0 Å². The van der Waals surface area contributed by atoms with Crippen molar-refractivity contribution in [3.8, 4) is 33.4 Å². The molecule has 7 aromatic rings. The highest BCUT2D eigenvalue weighted by Gasteiger charge is 2.28. The molecule has 2 aliphatic rings. The van der Waals surface area contributed by atoms with Crippen molar-refractivity contribution >= 4 is 45.5 Å². The smallest absolute Gasteiger partial charge is 0.0658 e. The first-order valence-electron chi connectivity index (χ1n) is 17.0. The fourth-order valence-corrected chi connectivity index (χ4v) is 7.14. The second kappa shape index (κ2) is 14.6.